The van der Waals surface area contributed by atoms with Gasteiger partial charge in [0, 0.05) is 11.9 Å². The van der Waals surface area contributed by atoms with Crippen molar-refractivity contribution in [2.45, 2.75) is 19.8 Å². The molecule has 53 valence electrons. The third-order valence-electron chi connectivity index (χ3n) is 1.44. The molecule has 1 aromatic rings. The van der Waals surface area contributed by atoms with Crippen molar-refractivity contribution in [1.29, 1.82) is 0 Å². The number of hydrogen-bond donors (Lipinski definition) is 0. The first-order valence-corrected chi connectivity index (χ1v) is 3.53. The fourth-order valence-electron chi connectivity index (χ4n) is 0.850. The molecule has 0 aromatic carbocycles. The standard InChI is InChI=1S/C9H12N/c1-3-4-9-6-5-8(2)10-7-9/h5-7H,1,3-4H2,2H3. The average Bonchev–Trinajstić information content (AvgIpc) is 1.95. The van der Waals surface area contributed by atoms with Gasteiger partial charge in [-0.25, -0.2) is 0 Å². The molecule has 0 fully saturated rings. The molecule has 0 aliphatic rings. The van der Waals surface area contributed by atoms with E-state index in [2.05, 4.69) is 18.0 Å². The number of nitrogens with zero attached hydrogens (tertiary/aromatic N) is 1. The summed E-state index contributed by atoms with van der Waals surface area (Å²) >= 11 is 0. The third-order valence-corrected chi connectivity index (χ3v) is 1.44. The van der Waals surface area contributed by atoms with Gasteiger partial charge in [-0.2, -0.15) is 0 Å². The van der Waals surface area contributed by atoms with Crippen LogP contribution in [0.15, 0.2) is 18.3 Å². The number of aryl methyl sites for hydroxylation is 2. The van der Waals surface area contributed by atoms with Crippen LogP contribution in [0, 0.1) is 13.8 Å². The normalized spacial score (nSPS) is 9.80. The molecular formula is C9H12N. The molecule has 0 saturated heterocycles. The van der Waals surface area contributed by atoms with Gasteiger partial charge in [-0.1, -0.05) is 13.0 Å². The van der Waals surface area contributed by atoms with Gasteiger partial charge in [0.05, 0.1) is 0 Å². The summed E-state index contributed by atoms with van der Waals surface area (Å²) in [6.07, 6.45) is 3.90. The van der Waals surface area contributed by atoms with Crippen molar-refractivity contribution in [3.63, 3.8) is 0 Å². The highest BCUT2D eigenvalue weighted by Crippen LogP contribution is 2.01. The van der Waals surface area contributed by atoms with Crippen LogP contribution in [0.1, 0.15) is 17.7 Å². The van der Waals surface area contributed by atoms with Crippen molar-refractivity contribution >= 4 is 0 Å². The Morgan fingerprint density at radius 3 is 2.80 bits per heavy atom. The molecule has 1 rings (SSSR count). The quantitative estimate of drug-likeness (QED) is 0.604. The Hall–Kier alpha value is -0.850. The fraction of sp³-hybridized carbons (Fsp3) is 0.333. The van der Waals surface area contributed by atoms with E-state index < -0.39 is 0 Å². The van der Waals surface area contributed by atoms with Gasteiger partial charge in [-0.05, 0) is 31.4 Å². The maximum atomic E-state index is 4.17. The van der Waals surface area contributed by atoms with E-state index >= 15 is 0 Å². The van der Waals surface area contributed by atoms with Crippen LogP contribution in [0.4, 0.5) is 0 Å². The lowest BCUT2D eigenvalue weighted by Gasteiger charge is -1.96. The van der Waals surface area contributed by atoms with Crippen LogP contribution in [-0.4, -0.2) is 4.98 Å². The molecule has 0 N–H and O–H groups in total. The highest BCUT2D eigenvalue weighted by atomic mass is 14.6. The van der Waals surface area contributed by atoms with Crippen molar-refractivity contribution in [2.75, 3.05) is 0 Å². The minimum Gasteiger partial charge on any atom is -0.261 e. The highest BCUT2D eigenvalue weighted by molar-refractivity contribution is 5.13. The minimum absolute atomic E-state index is 0.949. The van der Waals surface area contributed by atoms with Crippen LogP contribution in [0.2, 0.25) is 0 Å². The number of rotatable bonds is 2. The molecule has 0 aliphatic heterocycles. The third kappa shape index (κ3) is 1.83. The van der Waals surface area contributed by atoms with Crippen LogP contribution < -0.4 is 0 Å². The molecule has 0 bridgehead atoms. The topological polar surface area (TPSA) is 12.9 Å². The summed E-state index contributed by atoms with van der Waals surface area (Å²) in [4.78, 5) is 4.17. The number of pyridine rings is 1. The van der Waals surface area contributed by atoms with Crippen molar-refractivity contribution in [3.05, 3.63) is 36.5 Å². The van der Waals surface area contributed by atoms with Gasteiger partial charge in [0.2, 0.25) is 0 Å². The van der Waals surface area contributed by atoms with Crippen molar-refractivity contribution in [3.8, 4) is 0 Å². The number of hydrogen-bond acceptors (Lipinski definition) is 1. The molecule has 1 nitrogen and oxygen atoms in total. The zero-order valence-corrected chi connectivity index (χ0v) is 6.30. The van der Waals surface area contributed by atoms with E-state index in [1.165, 1.54) is 5.56 Å². The predicted octanol–water partition coefficient (Wildman–Crippen LogP) is 2.16. The van der Waals surface area contributed by atoms with Crippen LogP contribution in [0.3, 0.4) is 0 Å². The lowest BCUT2D eigenvalue weighted by Crippen LogP contribution is -1.85. The Morgan fingerprint density at radius 1 is 1.50 bits per heavy atom. The summed E-state index contributed by atoms with van der Waals surface area (Å²) < 4.78 is 0. The Labute approximate surface area is 62.1 Å². The second kappa shape index (κ2) is 3.35. The first-order valence-electron chi connectivity index (χ1n) is 3.53. The van der Waals surface area contributed by atoms with Crippen molar-refractivity contribution in [2.24, 2.45) is 0 Å². The smallest absolute Gasteiger partial charge is 0.0372 e. The van der Waals surface area contributed by atoms with Gasteiger partial charge in [0.15, 0.2) is 0 Å². The average molecular weight is 134 g/mol. The summed E-state index contributed by atoms with van der Waals surface area (Å²) in [5.41, 5.74) is 2.36. The highest BCUT2D eigenvalue weighted by Gasteiger charge is 1.89. The van der Waals surface area contributed by atoms with E-state index in [9.17, 15) is 0 Å². The van der Waals surface area contributed by atoms with E-state index in [1.54, 1.807) is 0 Å². The van der Waals surface area contributed by atoms with Gasteiger partial charge in [0.25, 0.3) is 0 Å². The van der Waals surface area contributed by atoms with Crippen LogP contribution >= 0.6 is 0 Å². The fourth-order valence-corrected chi connectivity index (χ4v) is 0.850. The molecule has 1 aromatic heterocycles. The lowest BCUT2D eigenvalue weighted by molar-refractivity contribution is 0.978. The molecule has 0 unspecified atom stereocenters. The van der Waals surface area contributed by atoms with Gasteiger partial charge in [0.1, 0.15) is 0 Å². The molecule has 0 spiro atoms. The van der Waals surface area contributed by atoms with Crippen molar-refractivity contribution in [1.82, 2.24) is 4.98 Å². The molecule has 0 aliphatic carbocycles. The molecular weight excluding hydrogens is 122 g/mol. The predicted molar refractivity (Wildman–Crippen MR) is 42.7 cm³/mol. The zero-order chi connectivity index (χ0) is 7.40. The maximum absolute atomic E-state index is 4.17. The maximum Gasteiger partial charge on any atom is 0.0372 e. The summed E-state index contributed by atoms with van der Waals surface area (Å²) in [5.74, 6) is 0. The first kappa shape index (κ1) is 7.26. The van der Waals surface area contributed by atoms with Crippen LogP contribution in [-0.2, 0) is 6.42 Å². The van der Waals surface area contributed by atoms with E-state index in [1.807, 2.05) is 19.2 Å². The first-order chi connectivity index (χ1) is 4.83. The molecule has 10 heavy (non-hydrogen) atoms. The Balaban J connectivity index is 2.69. The van der Waals surface area contributed by atoms with E-state index in [4.69, 9.17) is 0 Å². The largest absolute Gasteiger partial charge is 0.261 e. The SMILES string of the molecule is [CH2]CCc1ccc(C)nc1. The second-order valence-corrected chi connectivity index (χ2v) is 2.41. The van der Waals surface area contributed by atoms with Crippen LogP contribution in [0.5, 0.6) is 0 Å². The zero-order valence-electron chi connectivity index (χ0n) is 6.30. The van der Waals surface area contributed by atoms with E-state index in [0.29, 0.717) is 0 Å². The monoisotopic (exact) mass is 134 g/mol. The summed E-state index contributed by atoms with van der Waals surface area (Å²) in [6, 6.07) is 4.14. The van der Waals surface area contributed by atoms with Crippen molar-refractivity contribution < 1.29 is 0 Å². The van der Waals surface area contributed by atoms with E-state index in [-0.39, 0.29) is 0 Å². The summed E-state index contributed by atoms with van der Waals surface area (Å²) in [6.45, 7) is 5.77. The Kier molecular flexibility index (Phi) is 2.43. The van der Waals surface area contributed by atoms with Crippen LogP contribution in [0.25, 0.3) is 0 Å². The van der Waals surface area contributed by atoms with Gasteiger partial charge < -0.3 is 0 Å². The molecule has 0 amide bonds. The molecule has 0 atom stereocenters. The minimum atomic E-state index is 0.949. The molecule has 0 saturated carbocycles. The van der Waals surface area contributed by atoms with Gasteiger partial charge in [-0.3, -0.25) is 4.98 Å². The van der Waals surface area contributed by atoms with Gasteiger partial charge >= 0.3 is 0 Å². The number of aromatic nitrogens is 1. The summed E-state index contributed by atoms with van der Waals surface area (Å²) in [7, 11) is 0. The Morgan fingerprint density at radius 2 is 2.30 bits per heavy atom. The van der Waals surface area contributed by atoms with E-state index in [0.717, 1.165) is 18.5 Å². The lowest BCUT2D eigenvalue weighted by atomic mass is 10.2. The molecule has 1 heterocycles. The van der Waals surface area contributed by atoms with Gasteiger partial charge in [-0.15, -0.1) is 0 Å². The Bertz CT molecular complexity index is 188. The molecule has 1 heteroatoms. The second-order valence-electron chi connectivity index (χ2n) is 2.41. The summed E-state index contributed by atoms with van der Waals surface area (Å²) in [5, 5.41) is 0. The molecule has 1 radical (unpaired) electrons.